The van der Waals surface area contributed by atoms with Gasteiger partial charge in [-0.1, -0.05) is 46.3 Å². The van der Waals surface area contributed by atoms with Crippen molar-refractivity contribution in [3.05, 3.63) is 11.6 Å². The Kier molecular flexibility index (Phi) is 4.57. The minimum atomic E-state index is 0.310. The van der Waals surface area contributed by atoms with E-state index in [4.69, 9.17) is 5.73 Å². The van der Waals surface area contributed by atoms with E-state index in [1.807, 2.05) is 0 Å². The van der Waals surface area contributed by atoms with Gasteiger partial charge in [-0.25, -0.2) is 0 Å². The first-order chi connectivity index (χ1) is 7.30. The number of hydrogen-bond acceptors (Lipinski definition) is 2. The third-order valence-electron chi connectivity index (χ3n) is 3.58. The van der Waals surface area contributed by atoms with Crippen LogP contribution in [0.3, 0.4) is 0 Å². The molecule has 0 aromatic rings. The van der Waals surface area contributed by atoms with Crippen LogP contribution in [-0.2, 0) is 0 Å². The molecule has 0 aromatic carbocycles. The summed E-state index contributed by atoms with van der Waals surface area (Å²) in [5.74, 6) is 0.577. The fourth-order valence-corrected chi connectivity index (χ4v) is 2.07. The third-order valence-corrected chi connectivity index (χ3v) is 3.58. The summed E-state index contributed by atoms with van der Waals surface area (Å²) < 4.78 is 0. The van der Waals surface area contributed by atoms with Gasteiger partial charge in [-0.05, 0) is 17.8 Å². The van der Waals surface area contributed by atoms with E-state index in [0.717, 1.165) is 13.1 Å². The maximum atomic E-state index is 6.11. The summed E-state index contributed by atoms with van der Waals surface area (Å²) >= 11 is 0. The molecule has 0 saturated carbocycles. The Bertz CT molecular complexity index is 248. The molecule has 0 aliphatic carbocycles. The van der Waals surface area contributed by atoms with E-state index in [9.17, 15) is 0 Å². The second-order valence-electron chi connectivity index (χ2n) is 6.40. The zero-order valence-corrected chi connectivity index (χ0v) is 11.6. The summed E-state index contributed by atoms with van der Waals surface area (Å²) in [6, 6.07) is 0.310. The molecule has 1 aliphatic rings. The molecule has 1 aliphatic heterocycles. The minimum absolute atomic E-state index is 0.310. The molecule has 2 N–H and O–H groups in total. The Morgan fingerprint density at radius 3 is 2.38 bits per heavy atom. The molecule has 1 heterocycles. The predicted octanol–water partition coefficient (Wildman–Crippen LogP) is 2.65. The highest BCUT2D eigenvalue weighted by Gasteiger charge is 2.22. The van der Waals surface area contributed by atoms with Gasteiger partial charge in [0.1, 0.15) is 0 Å². The monoisotopic (exact) mass is 224 g/mol. The topological polar surface area (TPSA) is 29.3 Å². The Morgan fingerprint density at radius 1 is 1.38 bits per heavy atom. The molecule has 0 fully saturated rings. The SMILES string of the molecule is CC(C)C(N)CN1CC=C(C(C)(C)C)CC1. The molecule has 94 valence electrons. The van der Waals surface area contributed by atoms with Crippen molar-refractivity contribution in [3.8, 4) is 0 Å². The summed E-state index contributed by atoms with van der Waals surface area (Å²) in [6.07, 6.45) is 3.60. The van der Waals surface area contributed by atoms with Gasteiger partial charge >= 0.3 is 0 Å². The number of nitrogens with zero attached hydrogens (tertiary/aromatic N) is 1. The smallest absolute Gasteiger partial charge is 0.0191 e. The zero-order valence-electron chi connectivity index (χ0n) is 11.6. The van der Waals surface area contributed by atoms with Crippen LogP contribution in [0.4, 0.5) is 0 Å². The molecule has 0 radical (unpaired) electrons. The summed E-state index contributed by atoms with van der Waals surface area (Å²) in [5, 5.41) is 0. The summed E-state index contributed by atoms with van der Waals surface area (Å²) in [4.78, 5) is 2.47. The molecule has 0 bridgehead atoms. The van der Waals surface area contributed by atoms with Crippen LogP contribution in [0.2, 0.25) is 0 Å². The Labute approximate surface area is 101 Å². The first kappa shape index (κ1) is 13.7. The minimum Gasteiger partial charge on any atom is -0.326 e. The van der Waals surface area contributed by atoms with Gasteiger partial charge in [0.2, 0.25) is 0 Å². The fraction of sp³-hybridized carbons (Fsp3) is 0.857. The van der Waals surface area contributed by atoms with Crippen LogP contribution in [-0.4, -0.2) is 30.6 Å². The average molecular weight is 224 g/mol. The van der Waals surface area contributed by atoms with Crippen molar-refractivity contribution in [1.29, 1.82) is 0 Å². The van der Waals surface area contributed by atoms with Gasteiger partial charge in [-0.15, -0.1) is 0 Å². The summed E-state index contributed by atoms with van der Waals surface area (Å²) in [7, 11) is 0. The Hall–Kier alpha value is -0.340. The van der Waals surface area contributed by atoms with Crippen molar-refractivity contribution in [3.63, 3.8) is 0 Å². The van der Waals surface area contributed by atoms with Crippen LogP contribution < -0.4 is 5.73 Å². The lowest BCUT2D eigenvalue weighted by Gasteiger charge is -2.34. The molecule has 0 spiro atoms. The first-order valence-corrected chi connectivity index (χ1v) is 6.48. The van der Waals surface area contributed by atoms with E-state index >= 15 is 0 Å². The molecule has 1 rings (SSSR count). The van der Waals surface area contributed by atoms with E-state index < -0.39 is 0 Å². The predicted molar refractivity (Wildman–Crippen MR) is 71.4 cm³/mol. The molecule has 16 heavy (non-hydrogen) atoms. The van der Waals surface area contributed by atoms with Gasteiger partial charge in [0.05, 0.1) is 0 Å². The maximum Gasteiger partial charge on any atom is 0.0191 e. The largest absolute Gasteiger partial charge is 0.326 e. The Balaban J connectivity index is 2.46. The number of nitrogens with two attached hydrogens (primary N) is 1. The van der Waals surface area contributed by atoms with Gasteiger partial charge in [-0.2, -0.15) is 0 Å². The number of hydrogen-bond donors (Lipinski definition) is 1. The van der Waals surface area contributed by atoms with Gasteiger partial charge < -0.3 is 5.73 Å². The fourth-order valence-electron chi connectivity index (χ4n) is 2.07. The van der Waals surface area contributed by atoms with Gasteiger partial charge in [-0.3, -0.25) is 4.90 Å². The molecule has 2 heteroatoms. The Morgan fingerprint density at radius 2 is 2.00 bits per heavy atom. The highest BCUT2D eigenvalue weighted by Crippen LogP contribution is 2.30. The molecule has 1 unspecified atom stereocenters. The highest BCUT2D eigenvalue weighted by molar-refractivity contribution is 5.14. The first-order valence-electron chi connectivity index (χ1n) is 6.48. The number of rotatable bonds is 3. The average Bonchev–Trinajstić information content (AvgIpc) is 2.17. The summed E-state index contributed by atoms with van der Waals surface area (Å²) in [5.41, 5.74) is 8.04. The van der Waals surface area contributed by atoms with Gasteiger partial charge in [0, 0.05) is 25.7 Å². The lowest BCUT2D eigenvalue weighted by atomic mass is 9.83. The van der Waals surface area contributed by atoms with Crippen molar-refractivity contribution < 1.29 is 0 Å². The normalized spacial score (nSPS) is 21.1. The van der Waals surface area contributed by atoms with Crippen molar-refractivity contribution in [1.82, 2.24) is 4.90 Å². The van der Waals surface area contributed by atoms with E-state index in [1.165, 1.54) is 13.0 Å². The summed E-state index contributed by atoms with van der Waals surface area (Å²) in [6.45, 7) is 14.6. The molecule has 0 amide bonds. The van der Waals surface area contributed by atoms with E-state index in [0.29, 0.717) is 17.4 Å². The standard InChI is InChI=1S/C14H28N2/c1-11(2)13(15)10-16-8-6-12(7-9-16)14(3,4)5/h6,11,13H,7-10,15H2,1-5H3. The second kappa shape index (κ2) is 5.33. The van der Waals surface area contributed by atoms with E-state index in [1.54, 1.807) is 5.57 Å². The third kappa shape index (κ3) is 3.91. The highest BCUT2D eigenvalue weighted by atomic mass is 15.1. The molecule has 1 atom stereocenters. The molecule has 0 aromatic heterocycles. The van der Waals surface area contributed by atoms with Crippen LogP contribution in [0.1, 0.15) is 41.0 Å². The zero-order chi connectivity index (χ0) is 12.3. The van der Waals surface area contributed by atoms with Crippen LogP contribution >= 0.6 is 0 Å². The quantitative estimate of drug-likeness (QED) is 0.747. The lowest BCUT2D eigenvalue weighted by Crippen LogP contribution is -2.42. The van der Waals surface area contributed by atoms with Crippen LogP contribution in [0.5, 0.6) is 0 Å². The van der Waals surface area contributed by atoms with Crippen LogP contribution in [0.25, 0.3) is 0 Å². The van der Waals surface area contributed by atoms with Gasteiger partial charge in [0.25, 0.3) is 0 Å². The maximum absolute atomic E-state index is 6.11. The lowest BCUT2D eigenvalue weighted by molar-refractivity contribution is 0.244. The van der Waals surface area contributed by atoms with E-state index in [-0.39, 0.29) is 0 Å². The molecular formula is C14H28N2. The van der Waals surface area contributed by atoms with Crippen molar-refractivity contribution in [2.24, 2.45) is 17.1 Å². The van der Waals surface area contributed by atoms with Crippen molar-refractivity contribution >= 4 is 0 Å². The van der Waals surface area contributed by atoms with Gasteiger partial charge in [0.15, 0.2) is 0 Å². The molecular weight excluding hydrogens is 196 g/mol. The van der Waals surface area contributed by atoms with Crippen LogP contribution in [0, 0.1) is 11.3 Å². The van der Waals surface area contributed by atoms with Crippen molar-refractivity contribution in [2.45, 2.75) is 47.1 Å². The second-order valence-corrected chi connectivity index (χ2v) is 6.40. The molecule has 2 nitrogen and oxygen atoms in total. The van der Waals surface area contributed by atoms with Crippen LogP contribution in [0.15, 0.2) is 11.6 Å². The van der Waals surface area contributed by atoms with Crippen molar-refractivity contribution in [2.75, 3.05) is 19.6 Å². The van der Waals surface area contributed by atoms with E-state index in [2.05, 4.69) is 45.6 Å². The molecule has 0 saturated heterocycles.